The molecule has 6 nitrogen and oxygen atoms in total. The molecule has 0 bridgehead atoms. The first-order valence-corrected chi connectivity index (χ1v) is 11.6. The second kappa shape index (κ2) is 11.9. The van der Waals surface area contributed by atoms with Crippen LogP contribution in [0.15, 0.2) is 48.8 Å². The highest BCUT2D eigenvalue weighted by Crippen LogP contribution is 2.30. The fraction of sp³-hybridized carbons (Fsp3) is 0.423. The molecular weight excluding hydrogens is 459 g/mol. The molecule has 1 atom stereocenters. The molecule has 1 aromatic carbocycles. The van der Waals surface area contributed by atoms with Gasteiger partial charge in [0, 0.05) is 35.6 Å². The van der Waals surface area contributed by atoms with Crippen LogP contribution in [-0.2, 0) is 22.3 Å². The summed E-state index contributed by atoms with van der Waals surface area (Å²) in [6.07, 6.45) is 0.416. The van der Waals surface area contributed by atoms with Crippen molar-refractivity contribution < 1.29 is 27.4 Å². The number of hydrogen-bond donors (Lipinski definition) is 0. The molecule has 9 heteroatoms. The molecule has 3 rings (SSSR count). The van der Waals surface area contributed by atoms with E-state index in [0.29, 0.717) is 37.6 Å². The number of nitrogens with zero attached hydrogens (tertiary/aromatic N) is 3. The lowest BCUT2D eigenvalue weighted by Gasteiger charge is -2.16. The van der Waals surface area contributed by atoms with E-state index in [1.165, 1.54) is 12.3 Å². The third-order valence-electron chi connectivity index (χ3n) is 5.59. The Hall–Kier alpha value is -3.36. The second-order valence-electron chi connectivity index (χ2n) is 8.45. The largest absolute Gasteiger partial charge is 0.493 e. The molecule has 0 amide bonds. The van der Waals surface area contributed by atoms with Crippen molar-refractivity contribution in [3.05, 3.63) is 65.7 Å². The van der Waals surface area contributed by atoms with E-state index in [1.54, 1.807) is 13.1 Å². The lowest BCUT2D eigenvalue weighted by Crippen LogP contribution is -2.11. The van der Waals surface area contributed by atoms with E-state index in [4.69, 9.17) is 9.47 Å². The minimum atomic E-state index is -4.49. The number of esters is 1. The van der Waals surface area contributed by atoms with Gasteiger partial charge in [0.05, 0.1) is 19.8 Å². The van der Waals surface area contributed by atoms with E-state index < -0.39 is 11.9 Å². The molecule has 0 spiro atoms. The number of benzene rings is 1. The molecule has 188 valence electrons. The Kier molecular flexibility index (Phi) is 8.89. The third kappa shape index (κ3) is 7.31. The van der Waals surface area contributed by atoms with Gasteiger partial charge in [-0.25, -0.2) is 4.98 Å². The maximum absolute atomic E-state index is 12.9. The second-order valence-corrected chi connectivity index (χ2v) is 8.45. The van der Waals surface area contributed by atoms with Crippen LogP contribution in [0.25, 0.3) is 11.4 Å². The molecule has 0 saturated carbocycles. The Balaban J connectivity index is 1.66. The molecular formula is C26H30F3N3O3. The molecule has 0 aliphatic heterocycles. The van der Waals surface area contributed by atoms with Crippen molar-refractivity contribution in [2.24, 2.45) is 5.92 Å². The van der Waals surface area contributed by atoms with Gasteiger partial charge in [-0.2, -0.15) is 13.2 Å². The topological polar surface area (TPSA) is 66.2 Å². The van der Waals surface area contributed by atoms with Crippen molar-refractivity contribution in [1.82, 2.24) is 14.5 Å². The Bertz CT molecular complexity index is 1110. The van der Waals surface area contributed by atoms with Crippen molar-refractivity contribution in [1.29, 1.82) is 0 Å². The van der Waals surface area contributed by atoms with E-state index in [2.05, 4.69) is 9.97 Å². The zero-order chi connectivity index (χ0) is 25.4. The molecule has 2 heterocycles. The number of alkyl halides is 3. The van der Waals surface area contributed by atoms with Gasteiger partial charge >= 0.3 is 12.1 Å². The molecule has 35 heavy (non-hydrogen) atoms. The predicted octanol–water partition coefficient (Wildman–Crippen LogP) is 6.07. The minimum absolute atomic E-state index is 0.180. The summed E-state index contributed by atoms with van der Waals surface area (Å²) in [6.45, 7) is 7.04. The summed E-state index contributed by atoms with van der Waals surface area (Å²) >= 11 is 0. The zero-order valence-corrected chi connectivity index (χ0v) is 20.1. The van der Waals surface area contributed by atoms with Gasteiger partial charge < -0.3 is 14.0 Å². The van der Waals surface area contributed by atoms with Crippen LogP contribution in [0, 0.1) is 12.8 Å². The number of hydrogen-bond acceptors (Lipinski definition) is 5. The van der Waals surface area contributed by atoms with Gasteiger partial charge in [-0.3, -0.25) is 9.78 Å². The zero-order valence-electron chi connectivity index (χ0n) is 20.1. The van der Waals surface area contributed by atoms with Crippen LogP contribution in [0.1, 0.15) is 50.1 Å². The van der Waals surface area contributed by atoms with Crippen molar-refractivity contribution in [2.45, 2.75) is 52.8 Å². The SMILES string of the molecule is CCOC(=O)CC(C)CCCOc1ccccc1Cn1c(C)cnc1-c1ccc(C(F)(F)F)nc1. The highest BCUT2D eigenvalue weighted by atomic mass is 19.4. The Morgan fingerprint density at radius 3 is 2.57 bits per heavy atom. The average Bonchev–Trinajstić information content (AvgIpc) is 3.17. The highest BCUT2D eigenvalue weighted by Gasteiger charge is 2.32. The first kappa shape index (κ1) is 26.2. The summed E-state index contributed by atoms with van der Waals surface area (Å²) in [5, 5.41) is 0. The molecule has 3 aromatic rings. The van der Waals surface area contributed by atoms with Crippen molar-refractivity contribution in [2.75, 3.05) is 13.2 Å². The van der Waals surface area contributed by atoms with E-state index >= 15 is 0 Å². The number of halogens is 3. The number of imidazole rings is 1. The van der Waals surface area contributed by atoms with Crippen molar-refractivity contribution in [3.63, 3.8) is 0 Å². The van der Waals surface area contributed by atoms with Crippen LogP contribution in [0.5, 0.6) is 5.75 Å². The number of para-hydroxylation sites is 1. The summed E-state index contributed by atoms with van der Waals surface area (Å²) in [4.78, 5) is 19.6. The van der Waals surface area contributed by atoms with Crippen LogP contribution in [0.4, 0.5) is 13.2 Å². The molecule has 0 saturated heterocycles. The number of carbonyl (C=O) groups is 1. The molecule has 0 fully saturated rings. The summed E-state index contributed by atoms with van der Waals surface area (Å²) in [6, 6.07) is 9.99. The maximum atomic E-state index is 12.9. The lowest BCUT2D eigenvalue weighted by molar-refractivity contribution is -0.144. The van der Waals surface area contributed by atoms with E-state index in [0.717, 1.165) is 35.9 Å². The highest BCUT2D eigenvalue weighted by molar-refractivity contribution is 5.69. The monoisotopic (exact) mass is 489 g/mol. The van der Waals surface area contributed by atoms with E-state index in [-0.39, 0.29) is 11.9 Å². The van der Waals surface area contributed by atoms with Crippen LogP contribution in [0.3, 0.4) is 0 Å². The van der Waals surface area contributed by atoms with Gasteiger partial charge in [0.2, 0.25) is 0 Å². The van der Waals surface area contributed by atoms with Gasteiger partial charge in [-0.05, 0) is 50.8 Å². The molecule has 0 radical (unpaired) electrons. The van der Waals surface area contributed by atoms with E-state index in [9.17, 15) is 18.0 Å². The Morgan fingerprint density at radius 1 is 1.11 bits per heavy atom. The summed E-state index contributed by atoms with van der Waals surface area (Å²) in [5.41, 5.74) is 1.35. The van der Waals surface area contributed by atoms with Crippen LogP contribution in [-0.4, -0.2) is 33.7 Å². The van der Waals surface area contributed by atoms with E-state index in [1.807, 2.05) is 42.7 Å². The number of rotatable bonds is 11. The van der Waals surface area contributed by atoms with Gasteiger partial charge in [0.25, 0.3) is 0 Å². The van der Waals surface area contributed by atoms with Crippen LogP contribution in [0.2, 0.25) is 0 Å². The van der Waals surface area contributed by atoms with Gasteiger partial charge in [0.1, 0.15) is 17.3 Å². The number of aromatic nitrogens is 3. The first-order valence-electron chi connectivity index (χ1n) is 11.6. The maximum Gasteiger partial charge on any atom is 0.433 e. The van der Waals surface area contributed by atoms with Crippen molar-refractivity contribution in [3.8, 4) is 17.1 Å². The molecule has 0 N–H and O–H groups in total. The summed E-state index contributed by atoms with van der Waals surface area (Å²) in [5.74, 6) is 1.30. The number of carbonyl (C=O) groups excluding carboxylic acids is 1. The number of aryl methyl sites for hydroxylation is 1. The molecule has 0 aliphatic carbocycles. The molecule has 2 aromatic heterocycles. The standard InChI is InChI=1S/C26H30F3N3O3/c1-4-34-24(33)14-18(2)8-7-13-35-22-10-6-5-9-21(22)17-32-19(3)15-31-25(32)20-11-12-23(30-16-20)26(27,28)29/h5-6,9-12,15-16,18H,4,7-8,13-14,17H2,1-3H3. The van der Waals surface area contributed by atoms with Crippen molar-refractivity contribution >= 4 is 5.97 Å². The van der Waals surface area contributed by atoms with Gasteiger partial charge in [-0.15, -0.1) is 0 Å². The Labute approximate surface area is 203 Å². The fourth-order valence-electron chi connectivity index (χ4n) is 3.75. The third-order valence-corrected chi connectivity index (χ3v) is 5.59. The predicted molar refractivity (Wildman–Crippen MR) is 126 cm³/mol. The van der Waals surface area contributed by atoms with Gasteiger partial charge in [0.15, 0.2) is 0 Å². The molecule has 1 unspecified atom stereocenters. The number of ether oxygens (including phenoxy) is 2. The van der Waals surface area contributed by atoms with Gasteiger partial charge in [-0.1, -0.05) is 25.1 Å². The smallest absolute Gasteiger partial charge is 0.433 e. The lowest BCUT2D eigenvalue weighted by atomic mass is 10.0. The number of pyridine rings is 1. The minimum Gasteiger partial charge on any atom is -0.493 e. The fourth-order valence-corrected chi connectivity index (χ4v) is 3.75. The quantitative estimate of drug-likeness (QED) is 0.242. The van der Waals surface area contributed by atoms with Crippen LogP contribution < -0.4 is 4.74 Å². The summed E-state index contributed by atoms with van der Waals surface area (Å²) in [7, 11) is 0. The average molecular weight is 490 g/mol. The first-order chi connectivity index (χ1) is 16.7. The molecule has 0 aliphatic rings. The Morgan fingerprint density at radius 2 is 1.89 bits per heavy atom. The summed E-state index contributed by atoms with van der Waals surface area (Å²) < 4.78 is 51.6. The van der Waals surface area contributed by atoms with Crippen LogP contribution >= 0.6 is 0 Å². The normalized spacial score (nSPS) is 12.4.